The first-order valence-electron chi connectivity index (χ1n) is 6.32. The van der Waals surface area contributed by atoms with E-state index in [1.165, 1.54) is 32.8 Å². The van der Waals surface area contributed by atoms with Gasteiger partial charge in [0.15, 0.2) is 0 Å². The molecular formula is C14H18ClNO2. The van der Waals surface area contributed by atoms with Crippen molar-refractivity contribution in [1.29, 1.82) is 0 Å². The van der Waals surface area contributed by atoms with Crippen molar-refractivity contribution in [1.82, 2.24) is 0 Å². The molecule has 1 saturated carbocycles. The van der Waals surface area contributed by atoms with Crippen LogP contribution >= 0.6 is 11.6 Å². The van der Waals surface area contributed by atoms with E-state index in [0.29, 0.717) is 10.6 Å². The second-order valence-corrected chi connectivity index (χ2v) is 5.12. The Morgan fingerprint density at radius 1 is 1.44 bits per heavy atom. The molecule has 0 aliphatic heterocycles. The predicted molar refractivity (Wildman–Crippen MR) is 73.2 cm³/mol. The van der Waals surface area contributed by atoms with Crippen molar-refractivity contribution < 1.29 is 9.53 Å². The van der Waals surface area contributed by atoms with Gasteiger partial charge in [0, 0.05) is 6.54 Å². The highest BCUT2D eigenvalue weighted by molar-refractivity contribution is 6.33. The number of esters is 1. The van der Waals surface area contributed by atoms with Crippen LogP contribution in [0.2, 0.25) is 5.02 Å². The molecular weight excluding hydrogens is 250 g/mol. The number of methoxy groups -OCH3 is 1. The second-order valence-electron chi connectivity index (χ2n) is 4.72. The number of carbonyl (C=O) groups is 1. The Morgan fingerprint density at radius 3 is 2.83 bits per heavy atom. The second kappa shape index (κ2) is 6.10. The molecule has 1 aromatic carbocycles. The molecule has 0 saturated heterocycles. The van der Waals surface area contributed by atoms with Gasteiger partial charge in [-0.1, -0.05) is 24.4 Å². The van der Waals surface area contributed by atoms with Crippen LogP contribution in [0.15, 0.2) is 18.2 Å². The van der Waals surface area contributed by atoms with E-state index in [-0.39, 0.29) is 5.97 Å². The molecule has 1 aromatic rings. The summed E-state index contributed by atoms with van der Waals surface area (Å²) in [6.45, 7) is 0.921. The van der Waals surface area contributed by atoms with Gasteiger partial charge in [0.2, 0.25) is 0 Å². The van der Waals surface area contributed by atoms with Crippen LogP contribution in [0.3, 0.4) is 0 Å². The molecule has 1 fully saturated rings. The first kappa shape index (κ1) is 13.2. The van der Waals surface area contributed by atoms with E-state index >= 15 is 0 Å². The van der Waals surface area contributed by atoms with E-state index in [1.807, 2.05) is 0 Å². The van der Waals surface area contributed by atoms with Crippen LogP contribution in [0.1, 0.15) is 36.0 Å². The fourth-order valence-electron chi connectivity index (χ4n) is 2.37. The fraction of sp³-hybridized carbons (Fsp3) is 0.500. The van der Waals surface area contributed by atoms with Crippen molar-refractivity contribution in [2.45, 2.75) is 25.7 Å². The summed E-state index contributed by atoms with van der Waals surface area (Å²) in [6, 6.07) is 5.16. The molecule has 98 valence electrons. The molecule has 18 heavy (non-hydrogen) atoms. The lowest BCUT2D eigenvalue weighted by atomic mass is 10.1. The van der Waals surface area contributed by atoms with Crippen LogP contribution < -0.4 is 5.32 Å². The van der Waals surface area contributed by atoms with E-state index in [4.69, 9.17) is 16.3 Å². The van der Waals surface area contributed by atoms with Crippen molar-refractivity contribution in [3.8, 4) is 0 Å². The number of hydrogen-bond acceptors (Lipinski definition) is 3. The molecule has 2 rings (SSSR count). The highest BCUT2D eigenvalue weighted by Crippen LogP contribution is 2.27. The van der Waals surface area contributed by atoms with Crippen LogP contribution in [0.25, 0.3) is 0 Å². The van der Waals surface area contributed by atoms with Gasteiger partial charge in [0.25, 0.3) is 0 Å². The Labute approximate surface area is 112 Å². The maximum absolute atomic E-state index is 11.4. The average Bonchev–Trinajstić information content (AvgIpc) is 2.90. The molecule has 0 amide bonds. The summed E-state index contributed by atoms with van der Waals surface area (Å²) in [5, 5.41) is 3.97. The van der Waals surface area contributed by atoms with Gasteiger partial charge in [-0.2, -0.15) is 0 Å². The SMILES string of the molecule is COC(=O)c1ccc(Cl)c(NCC2CCCC2)c1. The van der Waals surface area contributed by atoms with E-state index in [2.05, 4.69) is 5.32 Å². The number of hydrogen-bond donors (Lipinski definition) is 1. The molecule has 0 spiro atoms. The number of anilines is 1. The number of ether oxygens (including phenoxy) is 1. The fourth-order valence-corrected chi connectivity index (χ4v) is 2.56. The number of benzene rings is 1. The van der Waals surface area contributed by atoms with Gasteiger partial charge in [0.1, 0.15) is 0 Å². The minimum absolute atomic E-state index is 0.337. The van der Waals surface area contributed by atoms with Gasteiger partial charge >= 0.3 is 5.97 Å². The van der Waals surface area contributed by atoms with Crippen molar-refractivity contribution in [3.63, 3.8) is 0 Å². The van der Waals surface area contributed by atoms with Crippen molar-refractivity contribution in [2.24, 2.45) is 5.92 Å². The normalized spacial score (nSPS) is 15.7. The Hall–Kier alpha value is -1.22. The number of halogens is 1. The monoisotopic (exact) mass is 267 g/mol. The summed E-state index contributed by atoms with van der Waals surface area (Å²) >= 11 is 6.11. The lowest BCUT2D eigenvalue weighted by molar-refractivity contribution is 0.0601. The van der Waals surface area contributed by atoms with Gasteiger partial charge in [-0.05, 0) is 37.0 Å². The van der Waals surface area contributed by atoms with Crippen LogP contribution in [-0.2, 0) is 4.74 Å². The first-order valence-corrected chi connectivity index (χ1v) is 6.70. The van der Waals surface area contributed by atoms with Gasteiger partial charge in [-0.15, -0.1) is 0 Å². The Morgan fingerprint density at radius 2 is 2.17 bits per heavy atom. The summed E-state index contributed by atoms with van der Waals surface area (Å²) in [5.41, 5.74) is 1.34. The highest BCUT2D eigenvalue weighted by Gasteiger charge is 2.15. The molecule has 0 unspecified atom stereocenters. The minimum Gasteiger partial charge on any atom is -0.465 e. The third-order valence-electron chi connectivity index (χ3n) is 3.44. The standard InChI is InChI=1S/C14H18ClNO2/c1-18-14(17)11-6-7-12(15)13(8-11)16-9-10-4-2-3-5-10/h6-8,10,16H,2-5,9H2,1H3. The summed E-state index contributed by atoms with van der Waals surface area (Å²) in [5.74, 6) is 0.387. The van der Waals surface area contributed by atoms with Crippen LogP contribution in [0.4, 0.5) is 5.69 Å². The zero-order chi connectivity index (χ0) is 13.0. The Balaban J connectivity index is 2.03. The first-order chi connectivity index (χ1) is 8.70. The number of nitrogens with one attached hydrogen (secondary N) is 1. The molecule has 0 aromatic heterocycles. The maximum Gasteiger partial charge on any atom is 0.337 e. The lowest BCUT2D eigenvalue weighted by Crippen LogP contribution is -2.12. The molecule has 0 radical (unpaired) electrons. The van der Waals surface area contributed by atoms with Gasteiger partial charge in [-0.25, -0.2) is 4.79 Å². The van der Waals surface area contributed by atoms with E-state index in [1.54, 1.807) is 18.2 Å². The smallest absolute Gasteiger partial charge is 0.337 e. The van der Waals surface area contributed by atoms with Crippen LogP contribution in [0, 0.1) is 5.92 Å². The van der Waals surface area contributed by atoms with Gasteiger partial charge < -0.3 is 10.1 Å². The van der Waals surface area contributed by atoms with Crippen molar-refractivity contribution >= 4 is 23.3 Å². The van der Waals surface area contributed by atoms with Crippen LogP contribution in [0.5, 0.6) is 0 Å². The average molecular weight is 268 g/mol. The summed E-state index contributed by atoms with van der Waals surface area (Å²) in [4.78, 5) is 11.4. The van der Waals surface area contributed by atoms with E-state index < -0.39 is 0 Å². The predicted octanol–water partition coefficient (Wildman–Crippen LogP) is 3.73. The lowest BCUT2D eigenvalue weighted by Gasteiger charge is -2.13. The molecule has 1 aliphatic rings. The number of carbonyl (C=O) groups excluding carboxylic acids is 1. The van der Waals surface area contributed by atoms with Crippen LogP contribution in [-0.4, -0.2) is 19.6 Å². The molecule has 1 N–H and O–H groups in total. The molecule has 1 aliphatic carbocycles. The third-order valence-corrected chi connectivity index (χ3v) is 3.77. The topological polar surface area (TPSA) is 38.3 Å². The molecule has 0 bridgehead atoms. The molecule has 0 heterocycles. The number of rotatable bonds is 4. The zero-order valence-corrected chi connectivity index (χ0v) is 11.3. The molecule has 0 atom stereocenters. The van der Waals surface area contributed by atoms with E-state index in [9.17, 15) is 4.79 Å². The maximum atomic E-state index is 11.4. The Kier molecular flexibility index (Phi) is 4.48. The minimum atomic E-state index is -0.337. The summed E-state index contributed by atoms with van der Waals surface area (Å²) < 4.78 is 4.70. The zero-order valence-electron chi connectivity index (χ0n) is 10.5. The molecule has 4 heteroatoms. The summed E-state index contributed by atoms with van der Waals surface area (Å²) in [6.07, 6.45) is 5.20. The Bertz CT molecular complexity index is 428. The van der Waals surface area contributed by atoms with Crippen molar-refractivity contribution in [3.05, 3.63) is 28.8 Å². The van der Waals surface area contributed by atoms with Crippen molar-refractivity contribution in [2.75, 3.05) is 19.0 Å². The summed E-state index contributed by atoms with van der Waals surface area (Å²) in [7, 11) is 1.38. The van der Waals surface area contributed by atoms with Gasteiger partial charge in [-0.3, -0.25) is 0 Å². The largest absolute Gasteiger partial charge is 0.465 e. The van der Waals surface area contributed by atoms with Gasteiger partial charge in [0.05, 0.1) is 23.4 Å². The quantitative estimate of drug-likeness (QED) is 0.845. The van der Waals surface area contributed by atoms with E-state index in [0.717, 1.165) is 18.2 Å². The molecule has 3 nitrogen and oxygen atoms in total. The highest BCUT2D eigenvalue weighted by atomic mass is 35.5. The third kappa shape index (κ3) is 3.16.